The third-order valence-electron chi connectivity index (χ3n) is 2.02. The van der Waals surface area contributed by atoms with Crippen LogP contribution in [0.3, 0.4) is 0 Å². The van der Waals surface area contributed by atoms with Crippen molar-refractivity contribution in [2.24, 2.45) is 7.05 Å². The fourth-order valence-electron chi connectivity index (χ4n) is 1.22. The predicted octanol–water partition coefficient (Wildman–Crippen LogP) is -0.0867. The van der Waals surface area contributed by atoms with E-state index < -0.39 is 5.97 Å². The number of pyridine rings is 1. The molecule has 15 heavy (non-hydrogen) atoms. The van der Waals surface area contributed by atoms with Crippen LogP contribution in [0.15, 0.2) is 17.1 Å². The van der Waals surface area contributed by atoms with Crippen molar-refractivity contribution in [3.8, 4) is 0 Å². The maximum atomic E-state index is 11.3. The second kappa shape index (κ2) is 4.54. The molecule has 0 aliphatic carbocycles. The standard InChI is InChI=1S/C10H11NO4/c1-11-6-8(10(14)15-2)7(3-4-12)5-9(11)13/h4-6H,3H2,1-2H3. The van der Waals surface area contributed by atoms with E-state index in [1.54, 1.807) is 0 Å². The summed E-state index contributed by atoms with van der Waals surface area (Å²) in [6.45, 7) is 0. The number of aldehydes is 1. The minimum atomic E-state index is -0.553. The highest BCUT2D eigenvalue weighted by atomic mass is 16.5. The Bertz CT molecular complexity index is 447. The number of hydrogen-bond acceptors (Lipinski definition) is 4. The summed E-state index contributed by atoms with van der Waals surface area (Å²) >= 11 is 0. The summed E-state index contributed by atoms with van der Waals surface area (Å²) in [4.78, 5) is 33.0. The molecule has 5 heteroatoms. The quantitative estimate of drug-likeness (QED) is 0.515. The lowest BCUT2D eigenvalue weighted by atomic mass is 10.1. The van der Waals surface area contributed by atoms with E-state index in [0.29, 0.717) is 11.8 Å². The van der Waals surface area contributed by atoms with E-state index in [4.69, 9.17) is 0 Å². The highest BCUT2D eigenvalue weighted by molar-refractivity contribution is 5.91. The maximum Gasteiger partial charge on any atom is 0.339 e. The zero-order valence-corrected chi connectivity index (χ0v) is 8.52. The average molecular weight is 209 g/mol. The molecule has 0 amide bonds. The van der Waals surface area contributed by atoms with Gasteiger partial charge in [-0.05, 0) is 5.56 Å². The minimum Gasteiger partial charge on any atom is -0.465 e. The van der Waals surface area contributed by atoms with Crippen molar-refractivity contribution in [3.63, 3.8) is 0 Å². The lowest BCUT2D eigenvalue weighted by Gasteiger charge is -2.06. The molecule has 1 aromatic heterocycles. The summed E-state index contributed by atoms with van der Waals surface area (Å²) in [5.74, 6) is -0.553. The molecule has 0 N–H and O–H groups in total. The molecule has 0 saturated carbocycles. The molecule has 0 aromatic carbocycles. The molecule has 0 saturated heterocycles. The van der Waals surface area contributed by atoms with Gasteiger partial charge < -0.3 is 14.1 Å². The summed E-state index contributed by atoms with van der Waals surface area (Å²) in [6.07, 6.45) is 2.04. The van der Waals surface area contributed by atoms with Crippen molar-refractivity contribution in [2.45, 2.75) is 6.42 Å². The van der Waals surface area contributed by atoms with Crippen LogP contribution in [0.2, 0.25) is 0 Å². The molecule has 1 heterocycles. The third kappa shape index (κ3) is 2.31. The molecule has 0 bridgehead atoms. The van der Waals surface area contributed by atoms with Crippen LogP contribution in [0, 0.1) is 0 Å². The molecule has 0 atom stereocenters. The topological polar surface area (TPSA) is 65.4 Å². The van der Waals surface area contributed by atoms with E-state index in [2.05, 4.69) is 4.74 Å². The second-order valence-electron chi connectivity index (χ2n) is 3.02. The maximum absolute atomic E-state index is 11.3. The number of aromatic nitrogens is 1. The number of carbonyl (C=O) groups is 2. The molecular formula is C10H11NO4. The van der Waals surface area contributed by atoms with Crippen molar-refractivity contribution in [3.05, 3.63) is 33.7 Å². The molecule has 0 fully saturated rings. The van der Waals surface area contributed by atoms with Gasteiger partial charge in [-0.3, -0.25) is 4.79 Å². The van der Waals surface area contributed by atoms with Crippen molar-refractivity contribution < 1.29 is 14.3 Å². The highest BCUT2D eigenvalue weighted by Crippen LogP contribution is 2.07. The van der Waals surface area contributed by atoms with Crippen LogP contribution in [0.25, 0.3) is 0 Å². The highest BCUT2D eigenvalue weighted by Gasteiger charge is 2.13. The van der Waals surface area contributed by atoms with Gasteiger partial charge in [0.25, 0.3) is 5.56 Å². The number of aryl methyl sites for hydroxylation is 1. The average Bonchev–Trinajstić information content (AvgIpc) is 2.22. The van der Waals surface area contributed by atoms with Gasteiger partial charge in [-0.1, -0.05) is 0 Å². The SMILES string of the molecule is COC(=O)c1cn(C)c(=O)cc1CC=O. The number of esters is 1. The largest absolute Gasteiger partial charge is 0.465 e. The van der Waals surface area contributed by atoms with Gasteiger partial charge in [-0.25, -0.2) is 4.79 Å². The summed E-state index contributed by atoms with van der Waals surface area (Å²) in [5, 5.41) is 0. The molecule has 80 valence electrons. The lowest BCUT2D eigenvalue weighted by molar-refractivity contribution is -0.107. The number of carbonyl (C=O) groups excluding carboxylic acids is 2. The van der Waals surface area contributed by atoms with Crippen LogP contribution in [0.1, 0.15) is 15.9 Å². The van der Waals surface area contributed by atoms with E-state index in [1.165, 1.54) is 31.0 Å². The van der Waals surface area contributed by atoms with E-state index in [1.807, 2.05) is 0 Å². The van der Waals surface area contributed by atoms with Gasteiger partial charge >= 0.3 is 5.97 Å². The van der Waals surface area contributed by atoms with Crippen molar-refractivity contribution in [1.82, 2.24) is 4.57 Å². The van der Waals surface area contributed by atoms with Crippen molar-refractivity contribution in [1.29, 1.82) is 0 Å². The Morgan fingerprint density at radius 2 is 2.27 bits per heavy atom. The molecule has 1 rings (SSSR count). The summed E-state index contributed by atoms with van der Waals surface area (Å²) in [6, 6.07) is 1.26. The molecule has 0 unspecified atom stereocenters. The lowest BCUT2D eigenvalue weighted by Crippen LogP contribution is -2.20. The van der Waals surface area contributed by atoms with Gasteiger partial charge in [-0.15, -0.1) is 0 Å². The second-order valence-corrected chi connectivity index (χ2v) is 3.02. The molecule has 5 nitrogen and oxygen atoms in total. The van der Waals surface area contributed by atoms with Crippen LogP contribution >= 0.6 is 0 Å². The van der Waals surface area contributed by atoms with Crippen molar-refractivity contribution >= 4 is 12.3 Å². The molecule has 0 spiro atoms. The van der Waals surface area contributed by atoms with Gasteiger partial charge in [-0.2, -0.15) is 0 Å². The van der Waals surface area contributed by atoms with Crippen LogP contribution in [0.5, 0.6) is 0 Å². The van der Waals surface area contributed by atoms with Gasteiger partial charge in [0, 0.05) is 25.7 Å². The zero-order chi connectivity index (χ0) is 11.4. The Morgan fingerprint density at radius 1 is 1.60 bits per heavy atom. The van der Waals surface area contributed by atoms with Crippen LogP contribution in [-0.4, -0.2) is 23.9 Å². The molecule has 0 aliphatic heterocycles. The number of rotatable bonds is 3. The van der Waals surface area contributed by atoms with Gasteiger partial charge in [0.15, 0.2) is 0 Å². The number of methoxy groups -OCH3 is 1. The minimum absolute atomic E-state index is 0.0283. The van der Waals surface area contributed by atoms with Crippen molar-refractivity contribution in [2.75, 3.05) is 7.11 Å². The number of ether oxygens (including phenoxy) is 1. The Morgan fingerprint density at radius 3 is 2.80 bits per heavy atom. The molecule has 0 aliphatic rings. The first kappa shape index (κ1) is 11.2. The van der Waals surface area contributed by atoms with Crippen LogP contribution < -0.4 is 5.56 Å². The number of hydrogen-bond donors (Lipinski definition) is 0. The molecule has 0 radical (unpaired) electrons. The Balaban J connectivity index is 3.33. The first-order valence-electron chi connectivity index (χ1n) is 4.31. The van der Waals surface area contributed by atoms with E-state index in [0.717, 1.165) is 0 Å². The summed E-state index contributed by atoms with van der Waals surface area (Å²) in [7, 11) is 2.78. The predicted molar refractivity (Wildman–Crippen MR) is 52.8 cm³/mol. The van der Waals surface area contributed by atoms with Gasteiger partial charge in [0.05, 0.1) is 12.7 Å². The van der Waals surface area contributed by atoms with E-state index >= 15 is 0 Å². The Labute approximate surface area is 86.3 Å². The molecule has 1 aromatic rings. The third-order valence-corrected chi connectivity index (χ3v) is 2.02. The monoisotopic (exact) mass is 209 g/mol. The van der Waals surface area contributed by atoms with Crippen LogP contribution in [-0.2, 0) is 23.0 Å². The number of nitrogens with zero attached hydrogens (tertiary/aromatic N) is 1. The summed E-state index contributed by atoms with van der Waals surface area (Å²) in [5.41, 5.74) is 0.367. The fourth-order valence-corrected chi connectivity index (χ4v) is 1.22. The Kier molecular flexibility index (Phi) is 3.38. The first-order chi connectivity index (χ1) is 7.10. The zero-order valence-electron chi connectivity index (χ0n) is 8.52. The van der Waals surface area contributed by atoms with Gasteiger partial charge in [0.1, 0.15) is 6.29 Å². The van der Waals surface area contributed by atoms with E-state index in [9.17, 15) is 14.4 Å². The Hall–Kier alpha value is -1.91. The first-order valence-corrected chi connectivity index (χ1v) is 4.31. The summed E-state index contributed by atoms with van der Waals surface area (Å²) < 4.78 is 5.81. The van der Waals surface area contributed by atoms with E-state index in [-0.39, 0.29) is 17.5 Å². The normalized spacial score (nSPS) is 9.73. The van der Waals surface area contributed by atoms with Gasteiger partial charge in [0.2, 0.25) is 0 Å². The fraction of sp³-hybridized carbons (Fsp3) is 0.300. The molecular weight excluding hydrogens is 198 g/mol. The van der Waals surface area contributed by atoms with Crippen LogP contribution in [0.4, 0.5) is 0 Å². The smallest absolute Gasteiger partial charge is 0.339 e.